The Morgan fingerprint density at radius 2 is 2.00 bits per heavy atom. The van der Waals surface area contributed by atoms with Crippen molar-refractivity contribution < 1.29 is 23.6 Å². The molecule has 3 aromatic rings. The van der Waals surface area contributed by atoms with Gasteiger partial charge < -0.3 is 19.7 Å². The smallest absolute Gasteiger partial charge is 0.416 e. The Morgan fingerprint density at radius 1 is 1.23 bits per heavy atom. The lowest BCUT2D eigenvalue weighted by atomic mass is 10.2. The fourth-order valence-electron chi connectivity index (χ4n) is 2.99. The van der Waals surface area contributed by atoms with Gasteiger partial charge in [0.05, 0.1) is 6.10 Å². The maximum Gasteiger partial charge on any atom is 0.416 e. The molecule has 0 spiro atoms. The number of hydrogen-bond donors (Lipinski definition) is 2. The highest BCUT2D eigenvalue weighted by Gasteiger charge is 2.38. The van der Waals surface area contributed by atoms with Crippen LogP contribution in [0.25, 0.3) is 11.4 Å². The highest BCUT2D eigenvalue weighted by atomic mass is 19.1. The van der Waals surface area contributed by atoms with Crippen molar-refractivity contribution in [2.45, 2.75) is 32.0 Å². The molecule has 0 bridgehead atoms. The number of nitrogens with one attached hydrogen (secondary N) is 1. The maximum atomic E-state index is 13.1. The average molecular weight is 414 g/mol. The monoisotopic (exact) mass is 414 g/mol. The first-order chi connectivity index (χ1) is 14.4. The molecule has 3 heterocycles. The van der Waals surface area contributed by atoms with Crippen molar-refractivity contribution in [3.05, 3.63) is 48.2 Å². The van der Waals surface area contributed by atoms with Crippen LogP contribution < -0.4 is 10.2 Å². The van der Waals surface area contributed by atoms with Crippen LogP contribution in [0.15, 0.2) is 41.1 Å². The summed E-state index contributed by atoms with van der Waals surface area (Å²) in [5.74, 6) is 0.782. The van der Waals surface area contributed by atoms with Gasteiger partial charge in [-0.3, -0.25) is 4.90 Å². The molecule has 2 unspecified atom stereocenters. The first kappa shape index (κ1) is 19.7. The van der Waals surface area contributed by atoms with E-state index < -0.39 is 24.3 Å². The van der Waals surface area contributed by atoms with Crippen molar-refractivity contribution in [3.63, 3.8) is 0 Å². The third-order valence-electron chi connectivity index (χ3n) is 4.61. The van der Waals surface area contributed by atoms with Gasteiger partial charge in [0.15, 0.2) is 0 Å². The lowest BCUT2D eigenvalue weighted by molar-refractivity contribution is 0.142. The van der Waals surface area contributed by atoms with Crippen LogP contribution in [0.4, 0.5) is 21.0 Å². The number of hydrogen-bond acceptors (Lipinski definition) is 9. The zero-order valence-electron chi connectivity index (χ0n) is 16.2. The number of benzene rings is 1. The molecule has 1 aliphatic heterocycles. The lowest BCUT2D eigenvalue weighted by Gasteiger charge is -2.22. The van der Waals surface area contributed by atoms with E-state index in [0.717, 1.165) is 0 Å². The number of nitrogens with zero attached hydrogens (tertiary/aromatic N) is 5. The Labute approximate surface area is 170 Å². The van der Waals surface area contributed by atoms with Gasteiger partial charge >= 0.3 is 6.09 Å². The molecular formula is C19H19FN6O4. The number of cyclic esters (lactones) is 1. The van der Waals surface area contributed by atoms with Gasteiger partial charge in [0.25, 0.3) is 0 Å². The molecule has 4 rings (SSSR count). The molecule has 1 fully saturated rings. The van der Waals surface area contributed by atoms with E-state index in [1.807, 2.05) is 0 Å². The molecule has 30 heavy (non-hydrogen) atoms. The Bertz CT molecular complexity index is 1040. The van der Waals surface area contributed by atoms with E-state index in [0.29, 0.717) is 17.2 Å². The molecule has 10 nitrogen and oxygen atoms in total. The van der Waals surface area contributed by atoms with Crippen LogP contribution >= 0.6 is 0 Å². The fraction of sp³-hybridized carbons (Fsp3) is 0.316. The molecule has 1 amide bonds. The predicted molar refractivity (Wildman–Crippen MR) is 103 cm³/mol. The number of amides is 1. The first-order valence-corrected chi connectivity index (χ1v) is 9.25. The summed E-state index contributed by atoms with van der Waals surface area (Å²) in [6.45, 7) is 3.44. The van der Waals surface area contributed by atoms with Gasteiger partial charge in [-0.2, -0.15) is 9.97 Å². The molecule has 2 aromatic heterocycles. The minimum Gasteiger partial charge on any atom is -0.447 e. The van der Waals surface area contributed by atoms with Crippen molar-refractivity contribution in [1.82, 2.24) is 20.1 Å². The number of rotatable bonds is 6. The van der Waals surface area contributed by atoms with Crippen LogP contribution in [-0.2, 0) is 4.74 Å². The molecule has 0 saturated carbocycles. The highest BCUT2D eigenvalue weighted by Crippen LogP contribution is 2.25. The standard InChI is InChI=1S/C19H19FN6O4/c1-10(17-24-16(25-30-17)12-3-5-13(20)6-4-12)22-18-21-8-7-15(23-18)26-14(11(2)27)9-29-19(26)28/h3-8,10-11,14,27H,9H2,1-2H3,(H,21,22,23)/t10?,11-,14?/m1/s1. The number of aliphatic hydroxyl groups excluding tert-OH is 1. The van der Waals surface area contributed by atoms with Crippen molar-refractivity contribution in [3.8, 4) is 11.4 Å². The Balaban J connectivity index is 1.50. The zero-order valence-corrected chi connectivity index (χ0v) is 16.2. The number of anilines is 2. The van der Waals surface area contributed by atoms with Gasteiger partial charge in [0.2, 0.25) is 17.7 Å². The van der Waals surface area contributed by atoms with E-state index in [1.54, 1.807) is 32.0 Å². The summed E-state index contributed by atoms with van der Waals surface area (Å²) in [7, 11) is 0. The van der Waals surface area contributed by atoms with Gasteiger partial charge in [0.1, 0.15) is 30.3 Å². The Kier molecular flexibility index (Phi) is 5.27. The molecular weight excluding hydrogens is 395 g/mol. The molecule has 1 aromatic carbocycles. The predicted octanol–water partition coefficient (Wildman–Crippen LogP) is 2.54. The fourth-order valence-corrected chi connectivity index (χ4v) is 2.99. The van der Waals surface area contributed by atoms with Crippen molar-refractivity contribution >= 4 is 17.9 Å². The van der Waals surface area contributed by atoms with E-state index in [-0.39, 0.29) is 24.3 Å². The molecule has 2 N–H and O–H groups in total. The normalized spacial score (nSPS) is 18.2. The second kappa shape index (κ2) is 8.03. The number of carbonyl (C=O) groups is 1. The van der Waals surface area contributed by atoms with Gasteiger partial charge in [-0.05, 0) is 44.2 Å². The number of aromatic nitrogens is 4. The van der Waals surface area contributed by atoms with Gasteiger partial charge in [-0.15, -0.1) is 0 Å². The molecule has 11 heteroatoms. The van der Waals surface area contributed by atoms with Gasteiger partial charge in [-0.25, -0.2) is 14.2 Å². The molecule has 1 saturated heterocycles. The summed E-state index contributed by atoms with van der Waals surface area (Å²) >= 11 is 0. The summed E-state index contributed by atoms with van der Waals surface area (Å²) < 4.78 is 23.4. The second-order valence-electron chi connectivity index (χ2n) is 6.82. The Morgan fingerprint density at radius 3 is 2.73 bits per heavy atom. The SMILES string of the molecule is CC(Nc1nccc(N2C(=O)OCC2[C@@H](C)O)n1)c1nc(-c2ccc(F)cc2)no1. The second-order valence-corrected chi connectivity index (χ2v) is 6.82. The first-order valence-electron chi connectivity index (χ1n) is 9.25. The lowest BCUT2D eigenvalue weighted by Crippen LogP contribution is -2.41. The minimum absolute atomic E-state index is 0.0772. The quantitative estimate of drug-likeness (QED) is 0.625. The summed E-state index contributed by atoms with van der Waals surface area (Å²) in [5, 5.41) is 16.8. The zero-order chi connectivity index (χ0) is 21.3. The maximum absolute atomic E-state index is 13.1. The summed E-state index contributed by atoms with van der Waals surface area (Å²) in [6.07, 6.45) is 0.115. The highest BCUT2D eigenvalue weighted by molar-refractivity contribution is 5.89. The average Bonchev–Trinajstić information content (AvgIpc) is 3.36. The third-order valence-corrected chi connectivity index (χ3v) is 4.61. The van der Waals surface area contributed by atoms with E-state index in [1.165, 1.54) is 23.2 Å². The summed E-state index contributed by atoms with van der Waals surface area (Å²) in [5.41, 5.74) is 0.619. The number of carbonyl (C=O) groups excluding carboxylic acids is 1. The molecule has 0 radical (unpaired) electrons. The van der Waals surface area contributed by atoms with E-state index in [9.17, 15) is 14.3 Å². The van der Waals surface area contributed by atoms with Crippen molar-refractivity contribution in [2.24, 2.45) is 0 Å². The van der Waals surface area contributed by atoms with Gasteiger partial charge in [-0.1, -0.05) is 5.16 Å². The van der Waals surface area contributed by atoms with E-state index in [4.69, 9.17) is 9.26 Å². The summed E-state index contributed by atoms with van der Waals surface area (Å²) in [4.78, 5) is 26.2. The Hall–Kier alpha value is -3.60. The van der Waals surface area contributed by atoms with Crippen LogP contribution in [-0.4, -0.2) is 50.1 Å². The van der Waals surface area contributed by atoms with Crippen molar-refractivity contribution in [2.75, 3.05) is 16.8 Å². The number of aliphatic hydroxyl groups is 1. The largest absolute Gasteiger partial charge is 0.447 e. The third kappa shape index (κ3) is 3.92. The molecule has 0 aliphatic carbocycles. The minimum atomic E-state index is -0.787. The van der Waals surface area contributed by atoms with Gasteiger partial charge in [0, 0.05) is 11.8 Å². The summed E-state index contributed by atoms with van der Waals surface area (Å²) in [6, 6.07) is 6.32. The van der Waals surface area contributed by atoms with E-state index >= 15 is 0 Å². The van der Waals surface area contributed by atoms with Crippen LogP contribution in [0.5, 0.6) is 0 Å². The molecule has 156 valence electrons. The molecule has 3 atom stereocenters. The van der Waals surface area contributed by atoms with Crippen LogP contribution in [0.1, 0.15) is 25.8 Å². The van der Waals surface area contributed by atoms with Crippen molar-refractivity contribution in [1.29, 1.82) is 0 Å². The molecule has 1 aliphatic rings. The van der Waals surface area contributed by atoms with Crippen LogP contribution in [0.2, 0.25) is 0 Å². The van der Waals surface area contributed by atoms with E-state index in [2.05, 4.69) is 25.4 Å². The van der Waals surface area contributed by atoms with Crippen LogP contribution in [0.3, 0.4) is 0 Å². The van der Waals surface area contributed by atoms with Crippen LogP contribution in [0, 0.1) is 5.82 Å². The number of ether oxygens (including phenoxy) is 1. The topological polar surface area (TPSA) is 127 Å². The number of halogens is 1.